The molecule has 143 heavy (non-hydrogen) atoms. The first kappa shape index (κ1) is 112. The maximum absolute atomic E-state index is 12.8. The van der Waals surface area contributed by atoms with E-state index in [1.165, 1.54) is 47.1 Å². The van der Waals surface area contributed by atoms with E-state index in [0.717, 1.165) is 31.0 Å². The molecule has 1 aliphatic rings. The molecule has 14 aromatic rings. The molecule has 41 heteroatoms. The molecule has 1 fully saturated rings. The normalized spacial score (nSPS) is 12.5. The highest BCUT2D eigenvalue weighted by molar-refractivity contribution is 6.39. The van der Waals surface area contributed by atoms with E-state index < -0.39 is 90.9 Å². The van der Waals surface area contributed by atoms with Gasteiger partial charge in [-0.3, -0.25) is 62.8 Å². The Morgan fingerprint density at radius 3 is 1.10 bits per heavy atom. The summed E-state index contributed by atoms with van der Waals surface area (Å²) in [6.45, 7) is 50.4. The molecule has 3 amide bonds. The van der Waals surface area contributed by atoms with Crippen LogP contribution in [0, 0.1) is 0 Å². The molecule has 0 bridgehead atoms. The quantitative estimate of drug-likeness (QED) is 0.0688. The van der Waals surface area contributed by atoms with Gasteiger partial charge in [-0.1, -0.05) is 129 Å². The number of fused-ring (bicyclic) bond motifs is 7. The number of aryl methyl sites for hydroxylation is 2. The number of pyridine rings is 4. The Balaban J connectivity index is 0.000000186. The van der Waals surface area contributed by atoms with Gasteiger partial charge in [0.05, 0.1) is 91.0 Å². The fraction of sp³-hybridized carbons (Fsp3) is 0.382. The maximum Gasteiger partial charge on any atom is 0.276 e. The van der Waals surface area contributed by atoms with Crippen LogP contribution in [0.25, 0.3) is 76.3 Å². The number of nitrogens with zero attached hydrogens (tertiary/aromatic N) is 7. The lowest BCUT2D eigenvalue weighted by atomic mass is 9.86. The maximum atomic E-state index is 12.8. The number of phenolic OH excluding ortho intramolecular Hbond substituents is 14. The Morgan fingerprint density at radius 2 is 0.678 bits per heavy atom. The molecule has 7 aromatic heterocycles. The topological polar surface area (TPSA) is 596 Å². The van der Waals surface area contributed by atoms with Crippen molar-refractivity contribution in [3.63, 3.8) is 0 Å². The number of amides is 3. The highest BCUT2D eigenvalue weighted by Crippen LogP contribution is 2.46. The summed E-state index contributed by atoms with van der Waals surface area (Å²) in [6, 6.07) is 13.0. The van der Waals surface area contributed by atoms with E-state index >= 15 is 0 Å². The van der Waals surface area contributed by atoms with Gasteiger partial charge in [-0.2, -0.15) is 15.3 Å². The number of carbonyl (C=O) groups is 3. The van der Waals surface area contributed by atoms with Crippen LogP contribution >= 0.6 is 46.4 Å². The predicted octanol–water partition coefficient (Wildman–Crippen LogP) is 17.2. The van der Waals surface area contributed by atoms with Crippen molar-refractivity contribution in [1.82, 2.24) is 64.8 Å². The minimum atomic E-state index is -0.731. The largest absolute Gasteiger partial charge is 0.504 e. The molecule has 0 unspecified atom stereocenters. The van der Waals surface area contributed by atoms with Gasteiger partial charge in [-0.15, -0.1) is 0 Å². The van der Waals surface area contributed by atoms with Gasteiger partial charge in [-0.05, 0) is 150 Å². The van der Waals surface area contributed by atoms with Crippen molar-refractivity contribution in [2.75, 3.05) is 0 Å². The standard InChI is InChI=1S/C17H23NO3.C16H18ClNO3.C15H18ClNO3.C15H19N3O4.C13H14ClN3O4.C13H14ClNO3.C13H15N3O4/c1-16(2,3)11-9-18(17(4,5)6)12-8-14(20)13(19)7-10(12)15(11)21;1-16(2,3)9-7-18(8-4-5-8)10-6-11(19)15(21)13(17)12(10)14(9)20;1-5-17-7-8(15(2,3)4)13(19)11-9(17)6-10(18)14(20)12(11)16;1-5-18-9-7-11(20)10(19)6-8(9)13(21)12(17-18)14(22)16-15(2,3)4;1-13(2,3)15-12(21)9-11(20)7-5(16-17-9)4-6(18)10(19)8(7)14;1-13(2,3)6-5-15-7-4-8(16)12(18)10(14)9(7)11(6)17;1-13(2,3)14-12(20)10-11(19)6-4-8(17)9(18)5-7(6)15-16-10/h7-9,19-20H,1-6H3;6-8,19,21H,4-5H2,1-3H3;6-7,18,20H,5H2,1-4H3;6-7,19-20H,5H2,1-4H3,(H,16,22);4,18-19H,1-3H3,(H,15,21)(H,16,20);4-5,16,18H,1-3H3,(H,15,17);4-5,17-18H,1-3H3,(H,14,20)(H,15,19). The third kappa shape index (κ3) is 24.8. The molecule has 37 nitrogen and oxygen atoms in total. The lowest BCUT2D eigenvalue weighted by Crippen LogP contribution is -2.43. The van der Waals surface area contributed by atoms with Crippen LogP contribution in [0.15, 0.2) is 119 Å². The molecule has 1 saturated carbocycles. The van der Waals surface area contributed by atoms with Crippen LogP contribution in [0.2, 0.25) is 20.1 Å². The number of aromatic nitrogens is 10. The number of H-pyrrole nitrogens is 3. The molecular formula is C102H121Cl4N13O24. The third-order valence-corrected chi connectivity index (χ3v) is 23.6. The van der Waals surface area contributed by atoms with E-state index in [9.17, 15) is 119 Å². The summed E-state index contributed by atoms with van der Waals surface area (Å²) >= 11 is 24.0. The number of carbonyl (C=O) groups excluding carboxylic acids is 3. The Kier molecular flexibility index (Phi) is 32.4. The molecule has 7 heterocycles. The lowest BCUT2D eigenvalue weighted by Gasteiger charge is -2.29. The van der Waals surface area contributed by atoms with Gasteiger partial charge in [0.25, 0.3) is 17.7 Å². The van der Waals surface area contributed by atoms with E-state index in [1.54, 1.807) is 81.6 Å². The summed E-state index contributed by atoms with van der Waals surface area (Å²) in [5, 5.41) is 160. The van der Waals surface area contributed by atoms with Gasteiger partial charge in [-0.25, -0.2) is 0 Å². The summed E-state index contributed by atoms with van der Waals surface area (Å²) in [4.78, 5) is 127. The van der Waals surface area contributed by atoms with E-state index in [-0.39, 0.29) is 170 Å². The van der Waals surface area contributed by atoms with Crippen LogP contribution in [-0.2, 0) is 40.3 Å². The third-order valence-electron chi connectivity index (χ3n) is 22.2. The Bertz CT molecular complexity index is 7920. The van der Waals surface area contributed by atoms with Gasteiger partial charge in [0.1, 0.15) is 0 Å². The molecule has 0 radical (unpaired) electrons. The minimum absolute atomic E-state index is 0.0736. The molecule has 20 N–H and O–H groups in total. The Hall–Kier alpha value is -14.4. The molecule has 766 valence electrons. The minimum Gasteiger partial charge on any atom is -0.504 e. The van der Waals surface area contributed by atoms with Crippen LogP contribution in [0.5, 0.6) is 80.5 Å². The van der Waals surface area contributed by atoms with Crippen molar-refractivity contribution in [2.45, 2.75) is 256 Å². The van der Waals surface area contributed by atoms with Gasteiger partial charge in [0.2, 0.25) is 16.3 Å². The summed E-state index contributed by atoms with van der Waals surface area (Å²) in [5.41, 5.74) is -1.30. The smallest absolute Gasteiger partial charge is 0.276 e. The second-order valence-corrected chi connectivity index (χ2v) is 44.0. The number of halogens is 4. The molecule has 1 aliphatic carbocycles. The number of rotatable bonds is 6. The monoisotopic (exact) mass is 2050 g/mol. The second-order valence-electron chi connectivity index (χ2n) is 42.5. The molecule has 0 spiro atoms. The summed E-state index contributed by atoms with van der Waals surface area (Å²) in [7, 11) is 0. The molecule has 0 saturated heterocycles. The molecule has 0 atom stereocenters. The molecule has 7 aromatic carbocycles. The average Bonchev–Trinajstić information content (AvgIpc) is 1.65. The van der Waals surface area contributed by atoms with E-state index in [4.69, 9.17) is 46.4 Å². The van der Waals surface area contributed by atoms with Crippen molar-refractivity contribution < 1.29 is 85.9 Å². The average molecular weight is 2050 g/mol. The number of benzene rings is 7. The van der Waals surface area contributed by atoms with Crippen molar-refractivity contribution >= 4 is 140 Å². The number of aromatic hydroxyl groups is 14. The zero-order valence-electron chi connectivity index (χ0n) is 84.0. The molecule has 0 aliphatic heterocycles. The van der Waals surface area contributed by atoms with Crippen molar-refractivity contribution in [2.24, 2.45) is 0 Å². The van der Waals surface area contributed by atoms with Crippen LogP contribution in [0.3, 0.4) is 0 Å². The fourth-order valence-electron chi connectivity index (χ4n) is 14.8. The van der Waals surface area contributed by atoms with Crippen molar-refractivity contribution in [1.29, 1.82) is 0 Å². The number of nitrogens with one attached hydrogen (secondary N) is 6. The molecule has 15 rings (SSSR count). The summed E-state index contributed by atoms with van der Waals surface area (Å²) < 4.78 is 7.27. The Morgan fingerprint density at radius 1 is 0.350 bits per heavy atom. The number of hydrogen-bond donors (Lipinski definition) is 20. The number of hydrogen-bond acceptors (Lipinski definition) is 27. The fourth-order valence-corrected chi connectivity index (χ4v) is 15.9. The van der Waals surface area contributed by atoms with Gasteiger partial charge >= 0.3 is 0 Å². The van der Waals surface area contributed by atoms with Crippen LogP contribution in [-0.4, -0.2) is 155 Å². The van der Waals surface area contributed by atoms with Gasteiger partial charge in [0, 0.05) is 136 Å². The predicted molar refractivity (Wildman–Crippen MR) is 554 cm³/mol. The van der Waals surface area contributed by atoms with Crippen LogP contribution in [0.1, 0.15) is 253 Å². The summed E-state index contributed by atoms with van der Waals surface area (Å²) in [6.07, 6.45) is 9.22. The first-order valence-electron chi connectivity index (χ1n) is 45.0. The number of phenols is 14. The number of aromatic amines is 3. The van der Waals surface area contributed by atoms with Gasteiger partial charge in [0.15, 0.2) is 119 Å². The van der Waals surface area contributed by atoms with Crippen LogP contribution in [0.4, 0.5) is 0 Å². The highest BCUT2D eigenvalue weighted by atomic mass is 35.5. The van der Waals surface area contributed by atoms with E-state index in [2.05, 4.69) is 46.4 Å². The SMILES string of the molecule is CC(C)(C)NC(=O)c1n[nH]c2cc(O)c(O)c(Cl)c2c1=O.CC(C)(C)NC(=O)c1n[nH]c2cc(O)c(O)cc2c1=O.CC(C)(C)c1c[nH]c2cc(O)c(O)c(Cl)c2c1=O.CC(C)(C)c1cn(C(C)(C)C)c2cc(O)c(O)cc2c1=O.CC(C)(C)c1cn(C2CC2)c2cc(O)c(O)c(Cl)c2c1=O.CCn1cc(C(C)(C)C)c(=O)c2c(Cl)c(O)c(O)cc21.CCn1nc(C(=O)NC(C)(C)C)c(=O)c2cc(O)c(O)cc21. The zero-order chi connectivity index (χ0) is 108. The first-order valence-corrected chi connectivity index (χ1v) is 46.5. The summed E-state index contributed by atoms with van der Waals surface area (Å²) in [5.74, 6) is -7.35. The van der Waals surface area contributed by atoms with Crippen LogP contribution < -0.4 is 54.0 Å². The van der Waals surface area contributed by atoms with Crippen molar-refractivity contribution in [3.8, 4) is 80.5 Å². The highest BCUT2D eigenvalue weighted by Gasteiger charge is 2.34. The molecular weight excluding hydrogens is 1930 g/mol. The van der Waals surface area contributed by atoms with Crippen molar-refractivity contribution in [3.05, 3.63) is 216 Å². The van der Waals surface area contributed by atoms with E-state index in [1.807, 2.05) is 137 Å². The first-order chi connectivity index (χ1) is 65.5. The lowest BCUT2D eigenvalue weighted by molar-refractivity contribution is 0.0902. The second kappa shape index (κ2) is 41.3. The Labute approximate surface area is 838 Å². The zero-order valence-corrected chi connectivity index (χ0v) is 87.0. The van der Waals surface area contributed by atoms with Gasteiger partial charge < -0.3 is 106 Å². The van der Waals surface area contributed by atoms with E-state index in [0.29, 0.717) is 74.4 Å².